The molecule has 3 heterocycles. The van der Waals surface area contributed by atoms with Crippen LogP contribution in [0.15, 0.2) is 24.5 Å². The summed E-state index contributed by atoms with van der Waals surface area (Å²) in [7, 11) is 1.79. The first-order valence-electron chi connectivity index (χ1n) is 9.06. The predicted octanol–water partition coefficient (Wildman–Crippen LogP) is 2.26. The van der Waals surface area contributed by atoms with Crippen molar-refractivity contribution >= 4 is 11.6 Å². The minimum atomic E-state index is -0.0827. The number of ether oxygens (including phenoxy) is 2. The van der Waals surface area contributed by atoms with Crippen molar-refractivity contribution < 1.29 is 14.3 Å². The molecule has 26 heavy (non-hydrogen) atoms. The van der Waals surface area contributed by atoms with Gasteiger partial charge in [0, 0.05) is 37.6 Å². The molecule has 4 rings (SSSR count). The highest BCUT2D eigenvalue weighted by Crippen LogP contribution is 2.35. The number of rotatable bonds is 5. The molecule has 1 saturated heterocycles. The SMILES string of the molecule is CN1Cc2c(-c3cnn(CCOC4CCCCO4)c3)ccc(N)c2C1=O. The van der Waals surface area contributed by atoms with E-state index in [1.165, 1.54) is 0 Å². The topological polar surface area (TPSA) is 82.6 Å². The van der Waals surface area contributed by atoms with Crippen LogP contribution in [0.1, 0.15) is 35.2 Å². The van der Waals surface area contributed by atoms with Gasteiger partial charge in [-0.15, -0.1) is 0 Å². The van der Waals surface area contributed by atoms with Crippen LogP contribution in [-0.4, -0.2) is 47.1 Å². The summed E-state index contributed by atoms with van der Waals surface area (Å²) in [6, 6.07) is 3.76. The van der Waals surface area contributed by atoms with Gasteiger partial charge in [0.05, 0.1) is 24.9 Å². The van der Waals surface area contributed by atoms with E-state index in [2.05, 4.69) is 5.10 Å². The number of fused-ring (bicyclic) bond motifs is 1. The van der Waals surface area contributed by atoms with Gasteiger partial charge < -0.3 is 20.1 Å². The third-order valence-corrected chi connectivity index (χ3v) is 5.01. The van der Waals surface area contributed by atoms with Crippen molar-refractivity contribution in [2.45, 2.75) is 38.6 Å². The second-order valence-corrected chi connectivity index (χ2v) is 6.88. The molecule has 0 aliphatic carbocycles. The van der Waals surface area contributed by atoms with Crippen molar-refractivity contribution in [1.29, 1.82) is 0 Å². The van der Waals surface area contributed by atoms with E-state index < -0.39 is 0 Å². The average Bonchev–Trinajstić information content (AvgIpc) is 3.22. The monoisotopic (exact) mass is 356 g/mol. The number of carbonyl (C=O) groups excluding carboxylic acids is 1. The second-order valence-electron chi connectivity index (χ2n) is 6.88. The van der Waals surface area contributed by atoms with Crippen LogP contribution in [0.25, 0.3) is 11.1 Å². The Morgan fingerprint density at radius 3 is 3.08 bits per heavy atom. The quantitative estimate of drug-likeness (QED) is 0.831. The summed E-state index contributed by atoms with van der Waals surface area (Å²) in [5.41, 5.74) is 10.1. The van der Waals surface area contributed by atoms with Crippen LogP contribution in [0.5, 0.6) is 0 Å². The second kappa shape index (κ2) is 7.09. The molecule has 0 saturated carbocycles. The summed E-state index contributed by atoms with van der Waals surface area (Å²) in [5.74, 6) is -0.0207. The van der Waals surface area contributed by atoms with Crippen molar-refractivity contribution in [3.63, 3.8) is 0 Å². The molecule has 2 N–H and O–H groups in total. The molecule has 2 aliphatic rings. The molecule has 1 amide bonds. The lowest BCUT2D eigenvalue weighted by atomic mass is 9.98. The predicted molar refractivity (Wildman–Crippen MR) is 97.4 cm³/mol. The van der Waals surface area contributed by atoms with Crippen LogP contribution in [-0.2, 0) is 22.6 Å². The Balaban J connectivity index is 1.46. The van der Waals surface area contributed by atoms with E-state index in [4.69, 9.17) is 15.2 Å². The molecule has 7 nitrogen and oxygen atoms in total. The van der Waals surface area contributed by atoms with Gasteiger partial charge in [0.25, 0.3) is 5.91 Å². The number of nitrogen functional groups attached to an aromatic ring is 1. The third kappa shape index (κ3) is 3.20. The molecule has 1 unspecified atom stereocenters. The summed E-state index contributed by atoms with van der Waals surface area (Å²) >= 11 is 0. The molecule has 0 bridgehead atoms. The molecule has 2 aromatic rings. The van der Waals surface area contributed by atoms with Crippen LogP contribution in [0, 0.1) is 0 Å². The first kappa shape index (κ1) is 17.1. The van der Waals surface area contributed by atoms with Crippen molar-refractivity contribution in [2.24, 2.45) is 0 Å². The van der Waals surface area contributed by atoms with Gasteiger partial charge >= 0.3 is 0 Å². The van der Waals surface area contributed by atoms with E-state index in [0.717, 1.165) is 42.6 Å². The zero-order valence-corrected chi connectivity index (χ0v) is 15.0. The van der Waals surface area contributed by atoms with Crippen LogP contribution < -0.4 is 5.73 Å². The Morgan fingerprint density at radius 1 is 1.38 bits per heavy atom. The number of hydrogen-bond donors (Lipinski definition) is 1. The number of aromatic nitrogens is 2. The summed E-state index contributed by atoms with van der Waals surface area (Å²) in [6.07, 6.45) is 6.97. The smallest absolute Gasteiger partial charge is 0.256 e. The van der Waals surface area contributed by atoms with Crippen molar-refractivity contribution in [3.8, 4) is 11.1 Å². The highest BCUT2D eigenvalue weighted by atomic mass is 16.7. The molecular formula is C19H24N4O3. The van der Waals surface area contributed by atoms with E-state index in [9.17, 15) is 4.79 Å². The number of nitrogens with two attached hydrogens (primary N) is 1. The molecule has 138 valence electrons. The fourth-order valence-electron chi connectivity index (χ4n) is 3.60. The molecular weight excluding hydrogens is 332 g/mol. The Bertz CT molecular complexity index is 811. The van der Waals surface area contributed by atoms with E-state index in [0.29, 0.717) is 30.9 Å². The summed E-state index contributed by atoms with van der Waals surface area (Å²) < 4.78 is 13.2. The molecule has 0 radical (unpaired) electrons. The maximum absolute atomic E-state index is 12.3. The van der Waals surface area contributed by atoms with Crippen molar-refractivity contribution in [2.75, 3.05) is 26.0 Å². The van der Waals surface area contributed by atoms with Crippen LogP contribution in [0.4, 0.5) is 5.69 Å². The van der Waals surface area contributed by atoms with Crippen LogP contribution >= 0.6 is 0 Å². The molecule has 1 atom stereocenters. The molecule has 7 heteroatoms. The number of carbonyl (C=O) groups is 1. The highest BCUT2D eigenvalue weighted by Gasteiger charge is 2.29. The lowest BCUT2D eigenvalue weighted by Gasteiger charge is -2.22. The Morgan fingerprint density at radius 2 is 2.27 bits per heavy atom. The fraction of sp³-hybridized carbons (Fsp3) is 0.474. The maximum atomic E-state index is 12.3. The van der Waals surface area contributed by atoms with Crippen LogP contribution in [0.3, 0.4) is 0 Å². The Labute approximate surface area is 152 Å². The number of benzene rings is 1. The maximum Gasteiger partial charge on any atom is 0.256 e. The Kier molecular flexibility index (Phi) is 4.65. The van der Waals surface area contributed by atoms with Crippen molar-refractivity contribution in [3.05, 3.63) is 35.7 Å². The van der Waals surface area contributed by atoms with Gasteiger partial charge in [-0.1, -0.05) is 6.07 Å². The van der Waals surface area contributed by atoms with Gasteiger partial charge in [0.1, 0.15) is 0 Å². The largest absolute Gasteiger partial charge is 0.398 e. The van der Waals surface area contributed by atoms with E-state index in [1.54, 1.807) is 18.0 Å². The number of nitrogens with zero attached hydrogens (tertiary/aromatic N) is 3. The molecule has 1 fully saturated rings. The van der Waals surface area contributed by atoms with Gasteiger partial charge in [-0.25, -0.2) is 0 Å². The summed E-state index contributed by atoms with van der Waals surface area (Å²) in [4.78, 5) is 14.0. The van der Waals surface area contributed by atoms with E-state index >= 15 is 0 Å². The lowest BCUT2D eigenvalue weighted by Crippen LogP contribution is -2.24. The normalized spacial score (nSPS) is 19.8. The minimum absolute atomic E-state index is 0.0207. The van der Waals surface area contributed by atoms with Gasteiger partial charge in [0.2, 0.25) is 0 Å². The fourth-order valence-corrected chi connectivity index (χ4v) is 3.60. The summed E-state index contributed by atoms with van der Waals surface area (Å²) in [6.45, 7) is 2.58. The molecule has 1 aromatic heterocycles. The van der Waals surface area contributed by atoms with Gasteiger partial charge in [-0.05, 0) is 36.5 Å². The van der Waals surface area contributed by atoms with E-state index in [1.807, 2.05) is 23.1 Å². The standard InChI is InChI=1S/C19H24N4O3/c1-22-12-15-14(5-6-16(20)18(15)19(22)24)13-10-21-23(11-13)7-9-26-17-4-2-3-8-25-17/h5-6,10-11,17H,2-4,7-9,12,20H2,1H3. The summed E-state index contributed by atoms with van der Waals surface area (Å²) in [5, 5.41) is 4.43. The highest BCUT2D eigenvalue weighted by molar-refractivity contribution is 6.05. The lowest BCUT2D eigenvalue weighted by molar-refractivity contribution is -0.163. The Hall–Kier alpha value is -2.38. The molecule has 2 aliphatic heterocycles. The van der Waals surface area contributed by atoms with Crippen LogP contribution in [0.2, 0.25) is 0 Å². The zero-order chi connectivity index (χ0) is 18.1. The number of anilines is 1. The van der Waals surface area contributed by atoms with E-state index in [-0.39, 0.29) is 12.2 Å². The number of hydrogen-bond acceptors (Lipinski definition) is 5. The number of amides is 1. The third-order valence-electron chi connectivity index (χ3n) is 5.01. The van der Waals surface area contributed by atoms with Gasteiger partial charge in [-0.2, -0.15) is 5.10 Å². The molecule has 1 aromatic carbocycles. The first-order valence-corrected chi connectivity index (χ1v) is 9.06. The van der Waals surface area contributed by atoms with Gasteiger partial charge in [0.15, 0.2) is 6.29 Å². The van der Waals surface area contributed by atoms with Crippen molar-refractivity contribution in [1.82, 2.24) is 14.7 Å². The molecule has 0 spiro atoms. The first-order chi connectivity index (χ1) is 12.6. The zero-order valence-electron chi connectivity index (χ0n) is 15.0. The minimum Gasteiger partial charge on any atom is -0.398 e. The van der Waals surface area contributed by atoms with Gasteiger partial charge in [-0.3, -0.25) is 9.48 Å². The average molecular weight is 356 g/mol.